The first-order valence-corrected chi connectivity index (χ1v) is 8.37. The smallest absolute Gasteiger partial charge is 0.127 e. The Morgan fingerprint density at radius 2 is 1.70 bits per heavy atom. The van der Waals surface area contributed by atoms with Gasteiger partial charge in [0.1, 0.15) is 23.7 Å². The van der Waals surface area contributed by atoms with E-state index in [0.717, 1.165) is 24.3 Å². The van der Waals surface area contributed by atoms with Gasteiger partial charge in [-0.1, -0.05) is 30.3 Å². The molecule has 0 fully saturated rings. The summed E-state index contributed by atoms with van der Waals surface area (Å²) in [6.07, 6.45) is 2.10. The van der Waals surface area contributed by atoms with Crippen molar-refractivity contribution in [2.24, 2.45) is 0 Å². The van der Waals surface area contributed by atoms with Gasteiger partial charge in [-0.3, -0.25) is 0 Å². The molecule has 0 spiro atoms. The Morgan fingerprint density at radius 3 is 2.39 bits per heavy atom. The molecule has 0 saturated heterocycles. The highest BCUT2D eigenvalue weighted by molar-refractivity contribution is 5.59. The molecule has 0 aromatic heterocycles. The van der Waals surface area contributed by atoms with Gasteiger partial charge < -0.3 is 9.47 Å². The molecule has 2 aromatic rings. The zero-order valence-electron chi connectivity index (χ0n) is 14.8. The van der Waals surface area contributed by atoms with E-state index in [9.17, 15) is 0 Å². The molecule has 0 bridgehead atoms. The molecule has 3 rings (SSSR count). The molecule has 0 unspecified atom stereocenters. The van der Waals surface area contributed by atoms with Crippen molar-refractivity contribution in [2.75, 3.05) is 0 Å². The summed E-state index contributed by atoms with van der Waals surface area (Å²) in [6.45, 7) is 11.4. The van der Waals surface area contributed by atoms with Crippen LogP contribution in [0.1, 0.15) is 48.1 Å². The fourth-order valence-electron chi connectivity index (χ4n) is 3.29. The minimum absolute atomic E-state index is 0.0803. The molecular formula is C21H26O2. The fraction of sp³-hybridized carbons (Fsp3) is 0.429. The fourth-order valence-corrected chi connectivity index (χ4v) is 3.29. The third-order valence-electron chi connectivity index (χ3n) is 4.89. The van der Waals surface area contributed by atoms with E-state index in [-0.39, 0.29) is 5.60 Å². The average Bonchev–Trinajstić information content (AvgIpc) is 2.53. The number of benzene rings is 2. The van der Waals surface area contributed by atoms with Crippen LogP contribution < -0.4 is 9.47 Å². The largest absolute Gasteiger partial charge is 0.488 e. The SMILES string of the molecule is Cc1c(C)c2c(c(C)c1OCc1ccccc1)CCC(C)(C)O2. The zero-order valence-corrected chi connectivity index (χ0v) is 14.8. The molecule has 0 N–H and O–H groups in total. The number of ether oxygens (including phenoxy) is 2. The van der Waals surface area contributed by atoms with Crippen molar-refractivity contribution in [3.63, 3.8) is 0 Å². The lowest BCUT2D eigenvalue weighted by Gasteiger charge is -2.35. The van der Waals surface area contributed by atoms with Crippen LogP contribution >= 0.6 is 0 Å². The number of fused-ring (bicyclic) bond motifs is 1. The van der Waals surface area contributed by atoms with Gasteiger partial charge in [-0.2, -0.15) is 0 Å². The lowest BCUT2D eigenvalue weighted by molar-refractivity contribution is 0.0830. The molecule has 2 heteroatoms. The van der Waals surface area contributed by atoms with Crippen LogP contribution in [0.5, 0.6) is 11.5 Å². The molecule has 1 aliphatic heterocycles. The summed E-state index contributed by atoms with van der Waals surface area (Å²) in [4.78, 5) is 0. The number of hydrogen-bond donors (Lipinski definition) is 0. The summed E-state index contributed by atoms with van der Waals surface area (Å²) in [5.41, 5.74) is 6.06. The monoisotopic (exact) mass is 310 g/mol. The van der Waals surface area contributed by atoms with Crippen molar-refractivity contribution in [1.29, 1.82) is 0 Å². The topological polar surface area (TPSA) is 18.5 Å². The van der Waals surface area contributed by atoms with Gasteiger partial charge in [0.2, 0.25) is 0 Å². The average molecular weight is 310 g/mol. The van der Waals surface area contributed by atoms with Crippen LogP contribution in [0.4, 0.5) is 0 Å². The summed E-state index contributed by atoms with van der Waals surface area (Å²) in [7, 11) is 0. The van der Waals surface area contributed by atoms with Crippen LogP contribution in [0.2, 0.25) is 0 Å². The maximum Gasteiger partial charge on any atom is 0.127 e. The van der Waals surface area contributed by atoms with Crippen molar-refractivity contribution >= 4 is 0 Å². The lowest BCUT2D eigenvalue weighted by Crippen LogP contribution is -2.33. The predicted molar refractivity (Wildman–Crippen MR) is 94.5 cm³/mol. The zero-order chi connectivity index (χ0) is 16.6. The first-order valence-electron chi connectivity index (χ1n) is 8.37. The highest BCUT2D eigenvalue weighted by Gasteiger charge is 2.31. The molecule has 0 aliphatic carbocycles. The molecule has 1 heterocycles. The van der Waals surface area contributed by atoms with Gasteiger partial charge in [0.05, 0.1) is 0 Å². The first-order chi connectivity index (χ1) is 10.9. The summed E-state index contributed by atoms with van der Waals surface area (Å²) >= 11 is 0. The second-order valence-corrected chi connectivity index (χ2v) is 7.15. The van der Waals surface area contributed by atoms with Crippen molar-refractivity contribution < 1.29 is 9.47 Å². The van der Waals surface area contributed by atoms with E-state index in [4.69, 9.17) is 9.47 Å². The third-order valence-corrected chi connectivity index (χ3v) is 4.89. The van der Waals surface area contributed by atoms with Gasteiger partial charge in [0, 0.05) is 5.56 Å². The molecule has 2 aromatic carbocycles. The van der Waals surface area contributed by atoms with Crippen molar-refractivity contribution in [2.45, 2.75) is 59.7 Å². The van der Waals surface area contributed by atoms with Gasteiger partial charge >= 0.3 is 0 Å². The molecule has 1 aliphatic rings. The second-order valence-electron chi connectivity index (χ2n) is 7.15. The van der Waals surface area contributed by atoms with E-state index in [1.807, 2.05) is 18.2 Å². The summed E-state index contributed by atoms with van der Waals surface area (Å²) in [5.74, 6) is 2.09. The third kappa shape index (κ3) is 3.08. The minimum atomic E-state index is -0.0803. The second kappa shape index (κ2) is 5.92. The number of hydrogen-bond acceptors (Lipinski definition) is 2. The van der Waals surface area contributed by atoms with Crippen molar-refractivity contribution in [3.8, 4) is 11.5 Å². The normalized spacial score (nSPS) is 15.7. The van der Waals surface area contributed by atoms with Crippen molar-refractivity contribution in [1.82, 2.24) is 0 Å². The van der Waals surface area contributed by atoms with Crippen LogP contribution in [-0.4, -0.2) is 5.60 Å². The molecule has 2 nitrogen and oxygen atoms in total. The molecule has 122 valence electrons. The molecule has 23 heavy (non-hydrogen) atoms. The highest BCUT2D eigenvalue weighted by Crippen LogP contribution is 2.43. The minimum Gasteiger partial charge on any atom is -0.488 e. The first kappa shape index (κ1) is 15.9. The van der Waals surface area contributed by atoms with E-state index in [0.29, 0.717) is 6.61 Å². The van der Waals surface area contributed by atoms with Gasteiger partial charge in [0.25, 0.3) is 0 Å². The number of rotatable bonds is 3. The van der Waals surface area contributed by atoms with Crippen LogP contribution in [0, 0.1) is 20.8 Å². The maximum absolute atomic E-state index is 6.27. The molecule has 0 radical (unpaired) electrons. The van der Waals surface area contributed by atoms with Gasteiger partial charge in [0.15, 0.2) is 0 Å². The molecular weight excluding hydrogens is 284 g/mol. The quantitative estimate of drug-likeness (QED) is 0.766. The standard InChI is InChI=1S/C21H26O2/c1-14-15(2)20-18(11-12-21(4,5)23-20)16(3)19(14)22-13-17-9-7-6-8-10-17/h6-10H,11-13H2,1-5H3. The van der Waals surface area contributed by atoms with Gasteiger partial charge in [-0.25, -0.2) is 0 Å². The van der Waals surface area contributed by atoms with Crippen molar-refractivity contribution in [3.05, 3.63) is 58.1 Å². The van der Waals surface area contributed by atoms with E-state index in [1.165, 1.54) is 27.8 Å². The van der Waals surface area contributed by atoms with E-state index >= 15 is 0 Å². The lowest BCUT2D eigenvalue weighted by atomic mass is 9.88. The molecule has 0 atom stereocenters. The van der Waals surface area contributed by atoms with E-state index < -0.39 is 0 Å². The van der Waals surface area contributed by atoms with Crippen LogP contribution in [0.25, 0.3) is 0 Å². The Kier molecular flexibility index (Phi) is 4.09. The van der Waals surface area contributed by atoms with E-state index in [1.54, 1.807) is 0 Å². The van der Waals surface area contributed by atoms with Gasteiger partial charge in [-0.15, -0.1) is 0 Å². The Balaban J connectivity index is 1.95. The Bertz CT molecular complexity index is 715. The summed E-state index contributed by atoms with van der Waals surface area (Å²) in [5, 5.41) is 0. The Labute approximate surface area is 139 Å². The van der Waals surface area contributed by atoms with Crippen LogP contribution in [0.3, 0.4) is 0 Å². The van der Waals surface area contributed by atoms with Gasteiger partial charge in [-0.05, 0) is 69.7 Å². The molecule has 0 saturated carbocycles. The Hall–Kier alpha value is -1.96. The Morgan fingerprint density at radius 1 is 1.00 bits per heavy atom. The maximum atomic E-state index is 6.27. The molecule has 0 amide bonds. The highest BCUT2D eigenvalue weighted by atomic mass is 16.5. The summed E-state index contributed by atoms with van der Waals surface area (Å²) < 4.78 is 12.5. The van der Waals surface area contributed by atoms with Crippen LogP contribution in [0.15, 0.2) is 30.3 Å². The van der Waals surface area contributed by atoms with Crippen LogP contribution in [-0.2, 0) is 13.0 Å². The predicted octanol–water partition coefficient (Wildman–Crippen LogP) is 5.29. The van der Waals surface area contributed by atoms with E-state index in [2.05, 4.69) is 46.8 Å². The summed E-state index contributed by atoms with van der Waals surface area (Å²) in [6, 6.07) is 10.3.